The molecule has 5 atom stereocenters. The fourth-order valence-electron chi connectivity index (χ4n) is 4.92. The summed E-state index contributed by atoms with van der Waals surface area (Å²) >= 11 is 6.43. The Bertz CT molecular complexity index is 2360. The number of para-hydroxylation sites is 5. The highest BCUT2D eigenvalue weighted by molar-refractivity contribution is 14.1. The van der Waals surface area contributed by atoms with E-state index in [2.05, 4.69) is 108 Å². The number of benzene rings is 5. The molecule has 0 aliphatic rings. The van der Waals surface area contributed by atoms with E-state index in [-0.39, 0.29) is 73.8 Å². The molecule has 0 unspecified atom stereocenters. The first kappa shape index (κ1) is 85.5. The lowest BCUT2D eigenvalue weighted by molar-refractivity contribution is -0.149. The number of carbonyl (C=O) groups is 2. The van der Waals surface area contributed by atoms with Crippen LogP contribution < -0.4 is 18.9 Å². The van der Waals surface area contributed by atoms with Gasteiger partial charge < -0.3 is 54.0 Å². The van der Waals surface area contributed by atoms with Crippen molar-refractivity contribution in [1.29, 1.82) is 0 Å². The van der Waals surface area contributed by atoms with E-state index in [9.17, 15) is 9.59 Å². The Hall–Kier alpha value is -4.81. The first-order valence-electron chi connectivity index (χ1n) is 24.2. The molecule has 0 aromatic heterocycles. The molecule has 0 aliphatic heterocycles. The molecule has 0 fully saturated rings. The number of aliphatic hydroxyl groups is 4. The van der Waals surface area contributed by atoms with Gasteiger partial charge in [0.15, 0.2) is 6.10 Å². The fraction of sp³-hybridized carbons (Fsp3) is 0.429. The number of halogens is 3. The largest absolute Gasteiger partial charge is 0.507 e. The maximum absolute atomic E-state index is 11.1. The lowest BCUT2D eigenvalue weighted by Crippen LogP contribution is -2.25. The van der Waals surface area contributed by atoms with Crippen molar-refractivity contribution in [2.75, 3.05) is 34.0 Å². The van der Waals surface area contributed by atoms with Gasteiger partial charge in [0.25, 0.3) is 0 Å². The average molecular weight is 1440 g/mol. The molecule has 79 heavy (non-hydrogen) atoms. The Balaban J connectivity index is -0.000000201. The number of ether oxygens (including phenoxy) is 6. The van der Waals surface area contributed by atoms with Gasteiger partial charge in [-0.25, -0.2) is 9.59 Å². The highest BCUT2D eigenvalue weighted by atomic mass is 127. The van der Waals surface area contributed by atoms with Crippen molar-refractivity contribution in [3.8, 4) is 52.9 Å². The number of methoxy groups -OCH3 is 2. The maximum atomic E-state index is 11.1. The zero-order valence-electron chi connectivity index (χ0n) is 44.8. The quantitative estimate of drug-likeness (QED) is 0.0357. The minimum atomic E-state index is -0.995. The molecule has 5 aromatic rings. The number of aliphatic hydroxyl groups excluding tert-OH is 4. The van der Waals surface area contributed by atoms with E-state index in [0.717, 1.165) is 52.8 Å². The summed E-state index contributed by atoms with van der Waals surface area (Å²) in [5.74, 6) is 11.0. The second-order valence-corrected chi connectivity index (χ2v) is 19.0. The van der Waals surface area contributed by atoms with Crippen LogP contribution in [0.1, 0.15) is 122 Å². The summed E-state index contributed by atoms with van der Waals surface area (Å²) in [6.45, 7) is 14.8. The summed E-state index contributed by atoms with van der Waals surface area (Å²) in [5, 5.41) is 43.9. The van der Waals surface area contributed by atoms with E-state index in [4.69, 9.17) is 50.9 Å². The lowest BCUT2D eigenvalue weighted by Gasteiger charge is -2.15. The van der Waals surface area contributed by atoms with Crippen molar-refractivity contribution < 1.29 is 63.5 Å². The average Bonchev–Trinajstić information content (AvgIpc) is 3.42. The Morgan fingerprint density at radius 2 is 0.924 bits per heavy atom. The number of phenolic OH excluding ortho intramolecular Hbond substituents is 1. The molecular formula is C63H93I3O13. The van der Waals surface area contributed by atoms with Crippen molar-refractivity contribution in [3.63, 3.8) is 0 Å². The molecule has 0 radical (unpaired) electrons. The van der Waals surface area contributed by atoms with Crippen LogP contribution in [0, 0.1) is 34.9 Å². The SMILES string of the molecule is C.C.C.C.C#CCC.CCC#Cc1ccccc1O[C@H](C)CO.CCCCc1ccccc1O[C@H](C)CO.COC(=O)[C@@H](C)Oc1ccccc1I.COC(=O)[C@H](C)O.C[C@H](CO)Oc1ccccc1I.Oc1ccccc1I. The van der Waals surface area contributed by atoms with Crippen LogP contribution >= 0.6 is 67.8 Å². The zero-order chi connectivity index (χ0) is 57.0. The lowest BCUT2D eigenvalue weighted by atomic mass is 10.1. The van der Waals surface area contributed by atoms with Gasteiger partial charge in [-0.05, 0) is 175 Å². The Labute approximate surface area is 517 Å². The fourth-order valence-corrected chi connectivity index (χ4v) is 6.33. The molecule has 0 heterocycles. The van der Waals surface area contributed by atoms with Crippen molar-refractivity contribution >= 4 is 79.7 Å². The van der Waals surface area contributed by atoms with Crippen LogP contribution in [0.15, 0.2) is 121 Å². The second kappa shape index (κ2) is 55.1. The van der Waals surface area contributed by atoms with Crippen LogP contribution in [-0.2, 0) is 25.5 Å². The van der Waals surface area contributed by atoms with Gasteiger partial charge in [0.2, 0.25) is 0 Å². The number of terminal acetylenes is 1. The summed E-state index contributed by atoms with van der Waals surface area (Å²) in [5.41, 5.74) is 2.11. The number of aromatic hydroxyl groups is 1. The minimum absolute atomic E-state index is 0. The van der Waals surface area contributed by atoms with E-state index in [1.54, 1.807) is 19.1 Å². The standard InChI is InChI=1S/C13H20O2.C13H16O2.C10H11IO3.C9H11IO2.C6H5IO.C4H8O3.C4H6.4CH4/c2*1-3-4-7-12-8-5-6-9-13(12)15-11(2)10-14;1-7(10(12)13-2)14-9-6-4-3-5-8(9)11;1-7(6-11)12-9-5-3-2-4-8(9)10;7-5-3-1-2-4-6(5)8;1-3(5)4(6)7-2;1-3-4-2;;;;/h5-6,8-9,11,14H,3-4,7,10H2,1-2H3;5-6,8-9,11,14H,3,10H2,1-2H3;3-7H,1-2H3;2-5,7,11H,6H2,1H3;1-4,8H;3,5H,1-2H3;1H,4H2,2H3;4*1H4/t2*11-;2*7-;;3-;;;;;/m1111.0...../s1. The summed E-state index contributed by atoms with van der Waals surface area (Å²) < 4.78 is 33.6. The molecule has 5 rings (SSSR count). The van der Waals surface area contributed by atoms with Crippen LogP contribution in [-0.4, -0.2) is 102 Å². The summed E-state index contributed by atoms with van der Waals surface area (Å²) in [7, 11) is 2.58. The van der Waals surface area contributed by atoms with Gasteiger partial charge >= 0.3 is 11.9 Å². The zero-order valence-corrected chi connectivity index (χ0v) is 51.3. The Morgan fingerprint density at radius 3 is 1.29 bits per heavy atom. The van der Waals surface area contributed by atoms with Gasteiger partial charge in [-0.15, -0.1) is 12.3 Å². The van der Waals surface area contributed by atoms with Gasteiger partial charge in [0.05, 0.1) is 50.3 Å². The first-order chi connectivity index (χ1) is 35.8. The van der Waals surface area contributed by atoms with Gasteiger partial charge in [0.1, 0.15) is 53.2 Å². The predicted molar refractivity (Wildman–Crippen MR) is 351 cm³/mol. The molecule has 0 amide bonds. The van der Waals surface area contributed by atoms with Gasteiger partial charge in [-0.3, -0.25) is 0 Å². The van der Waals surface area contributed by atoms with E-state index in [1.807, 2.05) is 138 Å². The molecular weight excluding hydrogens is 1350 g/mol. The van der Waals surface area contributed by atoms with Crippen molar-refractivity contribution in [2.45, 2.75) is 148 Å². The van der Waals surface area contributed by atoms with E-state index in [1.165, 1.54) is 39.5 Å². The molecule has 16 heteroatoms. The Kier molecular flexibility index (Phi) is 59.6. The number of hydrogen-bond donors (Lipinski definition) is 5. The predicted octanol–water partition coefficient (Wildman–Crippen LogP) is 14.4. The van der Waals surface area contributed by atoms with Crippen LogP contribution in [0.2, 0.25) is 0 Å². The molecule has 0 bridgehead atoms. The third-order valence-corrected chi connectivity index (χ3v) is 11.6. The normalized spacial score (nSPS) is 10.9. The number of esters is 2. The molecule has 5 aromatic carbocycles. The highest BCUT2D eigenvalue weighted by Crippen LogP contribution is 2.23. The van der Waals surface area contributed by atoms with Crippen LogP contribution in [0.3, 0.4) is 0 Å². The van der Waals surface area contributed by atoms with Gasteiger partial charge in [0, 0.05) is 12.8 Å². The molecule has 0 spiro atoms. The third-order valence-electron chi connectivity index (χ3n) is 8.92. The maximum Gasteiger partial charge on any atom is 0.346 e. The Morgan fingerprint density at radius 1 is 0.544 bits per heavy atom. The van der Waals surface area contributed by atoms with Crippen molar-refractivity contribution in [1.82, 2.24) is 0 Å². The van der Waals surface area contributed by atoms with Crippen LogP contribution in [0.4, 0.5) is 0 Å². The number of phenols is 1. The summed E-state index contributed by atoms with van der Waals surface area (Å²) in [6, 6.07) is 38.1. The van der Waals surface area contributed by atoms with Crippen LogP contribution in [0.25, 0.3) is 0 Å². The highest BCUT2D eigenvalue weighted by Gasteiger charge is 2.15. The molecule has 0 saturated heterocycles. The van der Waals surface area contributed by atoms with Crippen molar-refractivity contribution in [2.24, 2.45) is 0 Å². The first-order valence-corrected chi connectivity index (χ1v) is 27.4. The van der Waals surface area contributed by atoms with Crippen molar-refractivity contribution in [3.05, 3.63) is 143 Å². The second-order valence-electron chi connectivity index (χ2n) is 15.5. The number of carbonyl (C=O) groups excluding carboxylic acids is 2. The summed E-state index contributed by atoms with van der Waals surface area (Å²) in [4.78, 5) is 21.1. The van der Waals surface area contributed by atoms with E-state index in [0.29, 0.717) is 11.5 Å². The topological polar surface area (TPSA) is 191 Å². The van der Waals surface area contributed by atoms with E-state index >= 15 is 0 Å². The molecule has 444 valence electrons. The van der Waals surface area contributed by atoms with Gasteiger partial charge in [-0.1, -0.05) is 135 Å². The van der Waals surface area contributed by atoms with Gasteiger partial charge in [-0.2, -0.15) is 0 Å². The molecule has 5 N–H and O–H groups in total. The number of rotatable bonds is 16. The van der Waals surface area contributed by atoms with Crippen LogP contribution in [0.5, 0.6) is 28.7 Å². The smallest absolute Gasteiger partial charge is 0.346 e. The number of aryl methyl sites for hydroxylation is 1. The molecule has 13 nitrogen and oxygen atoms in total. The molecule has 0 aliphatic carbocycles. The van der Waals surface area contributed by atoms with E-state index < -0.39 is 18.2 Å². The third kappa shape index (κ3) is 42.7. The molecule has 0 saturated carbocycles. The summed E-state index contributed by atoms with van der Waals surface area (Å²) in [6.07, 6.45) is 7.82. The minimum Gasteiger partial charge on any atom is -0.507 e. The number of hydrogen-bond acceptors (Lipinski definition) is 13. The number of unbranched alkanes of at least 4 members (excludes halogenated alkanes) is 1. The monoisotopic (exact) mass is 1440 g/mol.